The molecule has 30 heavy (non-hydrogen) atoms. The zero-order chi connectivity index (χ0) is 21.3. The molecule has 1 saturated heterocycles. The highest BCUT2D eigenvalue weighted by Gasteiger charge is 2.23. The summed E-state index contributed by atoms with van der Waals surface area (Å²) in [5, 5.41) is 10.8. The summed E-state index contributed by atoms with van der Waals surface area (Å²) in [6, 6.07) is 14.8. The molecule has 1 atom stereocenters. The van der Waals surface area contributed by atoms with E-state index in [0.717, 1.165) is 13.0 Å². The van der Waals surface area contributed by atoms with Crippen molar-refractivity contribution < 1.29 is 18.6 Å². The molecule has 0 bridgehead atoms. The van der Waals surface area contributed by atoms with Crippen LogP contribution >= 0.6 is 11.6 Å². The zero-order valence-electron chi connectivity index (χ0n) is 15.9. The van der Waals surface area contributed by atoms with Gasteiger partial charge in [0.25, 0.3) is 0 Å². The number of anilines is 1. The number of phenolic OH excluding ortho intramolecular Hbond substituents is 1. The number of nitrogens with two attached hydrogens (primary N) is 1. The Morgan fingerprint density at radius 2 is 1.93 bits per heavy atom. The van der Waals surface area contributed by atoms with Gasteiger partial charge in [0.2, 0.25) is 0 Å². The van der Waals surface area contributed by atoms with Crippen LogP contribution in [0.3, 0.4) is 0 Å². The monoisotopic (exact) mass is 431 g/mol. The summed E-state index contributed by atoms with van der Waals surface area (Å²) in [5.41, 5.74) is 8.09. The number of aromatic nitrogens is 1. The second-order valence-electron chi connectivity index (χ2n) is 7.13. The molecule has 0 aliphatic carbocycles. The number of pyridine rings is 1. The minimum Gasteiger partial charge on any atom is -0.507 e. The van der Waals surface area contributed by atoms with Crippen molar-refractivity contribution in [3.63, 3.8) is 0 Å². The Balaban J connectivity index is 1.88. The number of ether oxygens (including phenoxy) is 1. The van der Waals surface area contributed by atoms with E-state index in [1.54, 1.807) is 36.4 Å². The smallest absolute Gasteiger partial charge is 0.387 e. The van der Waals surface area contributed by atoms with Crippen LogP contribution in [0.25, 0.3) is 22.4 Å². The third-order valence-corrected chi connectivity index (χ3v) is 5.24. The lowest BCUT2D eigenvalue weighted by atomic mass is 10.0. The predicted octanol–water partition coefficient (Wildman–Crippen LogP) is 4.91. The minimum atomic E-state index is -2.94. The Morgan fingerprint density at radius 3 is 2.67 bits per heavy atom. The Hall–Kier alpha value is -2.90. The van der Waals surface area contributed by atoms with E-state index in [0.29, 0.717) is 39.8 Å². The Morgan fingerprint density at radius 1 is 1.13 bits per heavy atom. The van der Waals surface area contributed by atoms with Gasteiger partial charge in [-0.3, -0.25) is 0 Å². The van der Waals surface area contributed by atoms with Gasteiger partial charge in [0.05, 0.1) is 5.69 Å². The molecule has 3 aromatic rings. The van der Waals surface area contributed by atoms with Gasteiger partial charge in [-0.15, -0.1) is 0 Å². The lowest BCUT2D eigenvalue weighted by Crippen LogP contribution is -2.27. The van der Waals surface area contributed by atoms with Crippen molar-refractivity contribution in [2.24, 2.45) is 5.73 Å². The molecule has 156 valence electrons. The van der Waals surface area contributed by atoms with E-state index >= 15 is 0 Å². The van der Waals surface area contributed by atoms with Crippen molar-refractivity contribution in [2.45, 2.75) is 19.1 Å². The number of hydrogen-bond donors (Lipinski definition) is 2. The van der Waals surface area contributed by atoms with Crippen molar-refractivity contribution in [2.75, 3.05) is 18.0 Å². The molecule has 1 unspecified atom stereocenters. The van der Waals surface area contributed by atoms with Crippen molar-refractivity contribution >= 4 is 17.4 Å². The van der Waals surface area contributed by atoms with Gasteiger partial charge in [0.15, 0.2) is 0 Å². The molecule has 1 aromatic heterocycles. The van der Waals surface area contributed by atoms with Crippen LogP contribution in [0, 0.1) is 0 Å². The first-order valence-corrected chi connectivity index (χ1v) is 9.84. The van der Waals surface area contributed by atoms with Crippen LogP contribution < -0.4 is 15.4 Å². The van der Waals surface area contributed by atoms with Crippen LogP contribution in [0.1, 0.15) is 6.42 Å². The van der Waals surface area contributed by atoms with Gasteiger partial charge in [-0.2, -0.15) is 8.78 Å². The van der Waals surface area contributed by atoms with Gasteiger partial charge in [0.1, 0.15) is 17.3 Å². The molecule has 0 amide bonds. The minimum absolute atomic E-state index is 0.0187. The number of aromatic hydroxyl groups is 1. The second kappa shape index (κ2) is 8.45. The molecule has 3 N–H and O–H groups in total. The Labute approximate surface area is 177 Å². The fraction of sp³-hybridized carbons (Fsp3) is 0.227. The number of alkyl halides is 2. The largest absolute Gasteiger partial charge is 0.507 e. The third kappa shape index (κ3) is 4.32. The molecule has 4 rings (SSSR count). The average Bonchev–Trinajstić information content (AvgIpc) is 3.16. The normalized spacial score (nSPS) is 16.3. The lowest BCUT2D eigenvalue weighted by Gasteiger charge is -2.20. The third-order valence-electron chi connectivity index (χ3n) is 5.01. The average molecular weight is 432 g/mol. The summed E-state index contributed by atoms with van der Waals surface area (Å²) in [6.07, 6.45) is 0.828. The van der Waals surface area contributed by atoms with Crippen LogP contribution in [0.2, 0.25) is 5.02 Å². The molecular weight excluding hydrogens is 412 g/mol. The van der Waals surface area contributed by atoms with Crippen molar-refractivity contribution in [3.05, 3.63) is 59.6 Å². The van der Waals surface area contributed by atoms with Crippen LogP contribution in [0.5, 0.6) is 11.5 Å². The van der Waals surface area contributed by atoms with Crippen LogP contribution in [-0.4, -0.2) is 35.8 Å². The molecule has 5 nitrogen and oxygen atoms in total. The lowest BCUT2D eigenvalue weighted by molar-refractivity contribution is -0.0494. The van der Waals surface area contributed by atoms with E-state index in [4.69, 9.17) is 27.1 Å². The summed E-state index contributed by atoms with van der Waals surface area (Å²) in [4.78, 5) is 6.74. The summed E-state index contributed by atoms with van der Waals surface area (Å²) < 4.78 is 30.6. The van der Waals surface area contributed by atoms with Crippen LogP contribution in [0.4, 0.5) is 14.6 Å². The van der Waals surface area contributed by atoms with E-state index in [2.05, 4.69) is 0 Å². The number of halogens is 3. The number of benzene rings is 2. The molecule has 1 aliphatic heterocycles. The van der Waals surface area contributed by atoms with Gasteiger partial charge in [-0.1, -0.05) is 29.8 Å². The van der Waals surface area contributed by atoms with Gasteiger partial charge in [-0.05, 0) is 48.4 Å². The van der Waals surface area contributed by atoms with E-state index in [-0.39, 0.29) is 17.5 Å². The first-order chi connectivity index (χ1) is 14.4. The van der Waals surface area contributed by atoms with E-state index < -0.39 is 6.61 Å². The van der Waals surface area contributed by atoms with Crippen LogP contribution in [-0.2, 0) is 0 Å². The van der Waals surface area contributed by atoms with E-state index in [1.807, 2.05) is 11.0 Å². The fourth-order valence-electron chi connectivity index (χ4n) is 3.58. The molecule has 0 spiro atoms. The number of rotatable bonds is 5. The van der Waals surface area contributed by atoms with Crippen molar-refractivity contribution in [1.29, 1.82) is 0 Å². The maximum atomic E-state index is 12.9. The highest BCUT2D eigenvalue weighted by atomic mass is 35.5. The van der Waals surface area contributed by atoms with Gasteiger partial charge >= 0.3 is 6.61 Å². The Kier molecular flexibility index (Phi) is 5.74. The molecule has 0 radical (unpaired) electrons. The Bertz CT molecular complexity index is 1060. The zero-order valence-corrected chi connectivity index (χ0v) is 16.7. The molecular formula is C22H20ClF2N3O2. The number of hydrogen-bond acceptors (Lipinski definition) is 5. The molecule has 2 aromatic carbocycles. The SMILES string of the molecule is NC1CCN(c2cc(-c3ccccc3OC(F)F)cc(-c3cc(Cl)ccc3O)n2)C1. The highest BCUT2D eigenvalue weighted by molar-refractivity contribution is 6.31. The summed E-state index contributed by atoms with van der Waals surface area (Å²) in [5.74, 6) is 0.718. The standard InChI is InChI=1S/C22H20ClF2N3O2/c23-14-5-6-19(29)17(11-14)18-9-13(10-21(27-18)28-8-7-15(26)12-28)16-3-1-2-4-20(16)30-22(24)25/h1-6,9-11,15,22,29H,7-8,12,26H2. The van der Waals surface area contributed by atoms with Gasteiger partial charge in [0, 0.05) is 35.3 Å². The highest BCUT2D eigenvalue weighted by Crippen LogP contribution is 2.38. The second-order valence-corrected chi connectivity index (χ2v) is 7.57. The van der Waals surface area contributed by atoms with Crippen molar-refractivity contribution in [3.8, 4) is 33.9 Å². The van der Waals surface area contributed by atoms with E-state index in [1.165, 1.54) is 12.1 Å². The molecule has 2 heterocycles. The van der Waals surface area contributed by atoms with Crippen LogP contribution in [0.15, 0.2) is 54.6 Å². The summed E-state index contributed by atoms with van der Waals surface area (Å²) >= 11 is 6.12. The maximum absolute atomic E-state index is 12.9. The summed E-state index contributed by atoms with van der Waals surface area (Å²) in [6.45, 7) is -1.58. The number of para-hydroxylation sites is 1. The molecule has 1 aliphatic rings. The first kappa shape index (κ1) is 20.4. The fourth-order valence-corrected chi connectivity index (χ4v) is 3.76. The molecule has 1 fully saturated rings. The molecule has 8 heteroatoms. The van der Waals surface area contributed by atoms with E-state index in [9.17, 15) is 13.9 Å². The first-order valence-electron chi connectivity index (χ1n) is 9.46. The predicted molar refractivity (Wildman–Crippen MR) is 113 cm³/mol. The summed E-state index contributed by atoms with van der Waals surface area (Å²) in [7, 11) is 0. The maximum Gasteiger partial charge on any atom is 0.387 e. The van der Waals surface area contributed by atoms with Gasteiger partial charge in [-0.25, -0.2) is 4.98 Å². The topological polar surface area (TPSA) is 71.6 Å². The number of nitrogens with zero attached hydrogens (tertiary/aromatic N) is 2. The quantitative estimate of drug-likeness (QED) is 0.600. The molecule has 0 saturated carbocycles. The van der Waals surface area contributed by atoms with Crippen molar-refractivity contribution in [1.82, 2.24) is 4.98 Å². The van der Waals surface area contributed by atoms with Gasteiger partial charge < -0.3 is 20.5 Å². The number of phenols is 1.